The number of nitrogens with zero attached hydrogens (tertiary/aromatic N) is 6. The van der Waals surface area contributed by atoms with Gasteiger partial charge in [-0.2, -0.15) is 10.2 Å². The van der Waals surface area contributed by atoms with Gasteiger partial charge in [0.05, 0.1) is 30.1 Å². The molecular formula is C30H32N8O4. The number of anilines is 3. The fraction of sp³-hybridized carbons (Fsp3) is 0.300. The highest BCUT2D eigenvalue weighted by Crippen LogP contribution is 2.31. The first kappa shape index (κ1) is 27.2. The Balaban J connectivity index is 1.17. The highest BCUT2D eigenvalue weighted by atomic mass is 16.6. The van der Waals surface area contributed by atoms with Gasteiger partial charge in [-0.25, -0.2) is 14.3 Å². The molecule has 1 fully saturated rings. The van der Waals surface area contributed by atoms with Gasteiger partial charge in [-0.15, -0.1) is 0 Å². The number of benzene rings is 2. The van der Waals surface area contributed by atoms with Crippen LogP contribution in [0.1, 0.15) is 30.9 Å². The average Bonchev–Trinajstić information content (AvgIpc) is 3.58. The highest BCUT2D eigenvalue weighted by molar-refractivity contribution is 5.91. The highest BCUT2D eigenvalue weighted by Gasteiger charge is 2.25. The quantitative estimate of drug-likeness (QED) is 0.256. The van der Waals surface area contributed by atoms with Gasteiger partial charge >= 0.3 is 6.09 Å². The maximum Gasteiger partial charge on any atom is 0.411 e. The third-order valence-electron chi connectivity index (χ3n) is 7.55. The zero-order chi connectivity index (χ0) is 29.1. The number of hydrogen-bond acceptors (Lipinski definition) is 8. The zero-order valence-corrected chi connectivity index (χ0v) is 23.2. The molecule has 42 heavy (non-hydrogen) atoms. The molecule has 5 aromatic rings. The van der Waals surface area contributed by atoms with E-state index in [2.05, 4.69) is 37.9 Å². The van der Waals surface area contributed by atoms with Crippen molar-refractivity contribution in [2.24, 2.45) is 0 Å². The van der Waals surface area contributed by atoms with Gasteiger partial charge < -0.3 is 20.1 Å². The third kappa shape index (κ3) is 5.61. The summed E-state index contributed by atoms with van der Waals surface area (Å²) in [5, 5.41) is 25.3. The number of hydrogen-bond donors (Lipinski definition) is 3. The first-order valence-corrected chi connectivity index (χ1v) is 14.0. The lowest BCUT2D eigenvalue weighted by Crippen LogP contribution is -2.42. The van der Waals surface area contributed by atoms with E-state index in [1.54, 1.807) is 15.6 Å². The van der Waals surface area contributed by atoms with Crippen molar-refractivity contribution in [3.8, 4) is 0 Å². The smallest absolute Gasteiger partial charge is 0.411 e. The second-order valence-electron chi connectivity index (χ2n) is 10.2. The van der Waals surface area contributed by atoms with Crippen LogP contribution in [0.2, 0.25) is 0 Å². The number of aliphatic hydroxyl groups excluding tert-OH is 1. The Morgan fingerprint density at radius 2 is 1.90 bits per heavy atom. The van der Waals surface area contributed by atoms with Crippen molar-refractivity contribution < 1.29 is 19.4 Å². The van der Waals surface area contributed by atoms with Crippen molar-refractivity contribution >= 4 is 45.6 Å². The van der Waals surface area contributed by atoms with Crippen LogP contribution in [0.5, 0.6) is 0 Å². The largest absolute Gasteiger partial charge is 0.446 e. The Kier molecular flexibility index (Phi) is 7.69. The van der Waals surface area contributed by atoms with Crippen LogP contribution in [0.25, 0.3) is 16.4 Å². The van der Waals surface area contributed by atoms with Gasteiger partial charge in [0.2, 0.25) is 5.91 Å². The molecular weight excluding hydrogens is 536 g/mol. The van der Waals surface area contributed by atoms with E-state index in [4.69, 9.17) is 9.84 Å². The van der Waals surface area contributed by atoms with Crippen LogP contribution in [0.3, 0.4) is 0 Å². The Morgan fingerprint density at radius 3 is 2.67 bits per heavy atom. The summed E-state index contributed by atoms with van der Waals surface area (Å²) in [5.41, 5.74) is 5.29. The molecule has 3 N–H and O–H groups in total. The molecule has 0 atom stereocenters. The second-order valence-corrected chi connectivity index (χ2v) is 10.2. The number of amides is 2. The van der Waals surface area contributed by atoms with Crippen molar-refractivity contribution in [3.63, 3.8) is 0 Å². The van der Waals surface area contributed by atoms with Crippen LogP contribution < -0.4 is 10.6 Å². The van der Waals surface area contributed by atoms with E-state index in [0.29, 0.717) is 50.4 Å². The summed E-state index contributed by atoms with van der Waals surface area (Å²) >= 11 is 0. The van der Waals surface area contributed by atoms with Crippen molar-refractivity contribution in [1.82, 2.24) is 29.3 Å². The van der Waals surface area contributed by atoms with Gasteiger partial charge in [-0.1, -0.05) is 37.3 Å². The summed E-state index contributed by atoms with van der Waals surface area (Å²) in [6, 6.07) is 16.3. The Labute approximate surface area is 241 Å². The van der Waals surface area contributed by atoms with Gasteiger partial charge in [0, 0.05) is 42.6 Å². The number of nitrogens with one attached hydrogen (secondary N) is 2. The van der Waals surface area contributed by atoms with Gasteiger partial charge in [0.15, 0.2) is 5.82 Å². The number of rotatable bonds is 8. The first-order chi connectivity index (χ1) is 20.5. The fourth-order valence-electron chi connectivity index (χ4n) is 5.43. The zero-order valence-electron chi connectivity index (χ0n) is 23.2. The average molecular weight is 569 g/mol. The van der Waals surface area contributed by atoms with Crippen LogP contribution in [0, 0.1) is 0 Å². The first-order valence-electron chi connectivity index (χ1n) is 14.0. The van der Waals surface area contributed by atoms with Crippen molar-refractivity contribution in [2.45, 2.75) is 38.8 Å². The number of likely N-dealkylation sites (tertiary alicyclic amines) is 1. The maximum atomic E-state index is 12.8. The van der Waals surface area contributed by atoms with Gasteiger partial charge in [0.1, 0.15) is 24.6 Å². The molecule has 0 saturated carbocycles. The molecule has 12 heteroatoms. The Hall–Kier alpha value is -4.97. The molecule has 3 aromatic heterocycles. The minimum Gasteiger partial charge on any atom is -0.446 e. The molecule has 6 rings (SSSR count). The molecule has 2 amide bonds. The lowest BCUT2D eigenvalue weighted by Gasteiger charge is -2.31. The van der Waals surface area contributed by atoms with Crippen LogP contribution in [0.15, 0.2) is 67.3 Å². The van der Waals surface area contributed by atoms with E-state index in [-0.39, 0.29) is 12.0 Å². The normalized spacial score (nSPS) is 13.9. The summed E-state index contributed by atoms with van der Waals surface area (Å²) in [4.78, 5) is 30.6. The number of carbonyl (C=O) groups excluding carboxylic acids is 2. The number of aliphatic hydroxyl groups is 1. The number of aryl methyl sites for hydroxylation is 1. The Morgan fingerprint density at radius 1 is 1.10 bits per heavy atom. The van der Waals surface area contributed by atoms with Crippen molar-refractivity contribution in [3.05, 3.63) is 78.4 Å². The van der Waals surface area contributed by atoms with E-state index >= 15 is 0 Å². The predicted octanol–water partition coefficient (Wildman–Crippen LogP) is 3.97. The summed E-state index contributed by atoms with van der Waals surface area (Å²) < 4.78 is 9.31. The maximum absolute atomic E-state index is 12.8. The van der Waals surface area contributed by atoms with E-state index in [1.165, 1.54) is 11.9 Å². The molecule has 0 aliphatic carbocycles. The number of carbonyl (C=O) groups is 2. The molecule has 216 valence electrons. The number of ether oxygens (including phenoxy) is 1. The third-order valence-corrected chi connectivity index (χ3v) is 7.55. The molecule has 0 bridgehead atoms. The summed E-state index contributed by atoms with van der Waals surface area (Å²) in [5.74, 6) is 0.301. The van der Waals surface area contributed by atoms with Crippen LogP contribution in [-0.4, -0.2) is 72.2 Å². The van der Waals surface area contributed by atoms with E-state index in [1.807, 2.05) is 54.2 Å². The van der Waals surface area contributed by atoms with Crippen LogP contribution in [0.4, 0.5) is 22.0 Å². The van der Waals surface area contributed by atoms with E-state index < -0.39 is 12.7 Å². The van der Waals surface area contributed by atoms with E-state index in [9.17, 15) is 9.59 Å². The Bertz CT molecular complexity index is 1720. The van der Waals surface area contributed by atoms with Crippen LogP contribution >= 0.6 is 0 Å². The topological polar surface area (TPSA) is 139 Å². The SMILES string of the molecule is CCc1c(NC(=O)OC2CCN(C(=O)CO)CC2)cn2ncnc(Nc3ccc4c(cnn4Cc4ccccc4)c3)c12. The van der Waals surface area contributed by atoms with Crippen molar-refractivity contribution in [1.29, 1.82) is 0 Å². The summed E-state index contributed by atoms with van der Waals surface area (Å²) in [6.07, 6.45) is 5.87. The lowest BCUT2D eigenvalue weighted by atomic mass is 10.1. The molecule has 4 heterocycles. The molecule has 0 spiro atoms. The van der Waals surface area contributed by atoms with Gasteiger partial charge in [0.25, 0.3) is 0 Å². The molecule has 1 saturated heterocycles. The standard InChI is InChI=1S/C30H32N8O4/c1-2-24-25(35-30(41)42-23-10-12-36(13-11-23)27(40)18-39)17-38-28(24)29(31-19-33-38)34-22-8-9-26-21(14-22)15-32-37(26)16-20-6-4-3-5-7-20/h3-9,14-15,17,19,23,39H,2,10-13,16,18H2,1H3,(H,35,41)(H,31,33,34). The minimum atomic E-state index is -0.562. The molecule has 0 unspecified atom stereocenters. The summed E-state index contributed by atoms with van der Waals surface area (Å²) in [7, 11) is 0. The van der Waals surface area contributed by atoms with Gasteiger partial charge in [-0.3, -0.25) is 14.8 Å². The monoisotopic (exact) mass is 568 g/mol. The second kappa shape index (κ2) is 11.9. The van der Waals surface area contributed by atoms with E-state index in [0.717, 1.165) is 27.7 Å². The van der Waals surface area contributed by atoms with Crippen molar-refractivity contribution in [2.75, 3.05) is 30.3 Å². The van der Waals surface area contributed by atoms with Gasteiger partial charge in [-0.05, 0) is 30.2 Å². The van der Waals surface area contributed by atoms with Crippen LogP contribution in [-0.2, 0) is 22.5 Å². The fourth-order valence-corrected chi connectivity index (χ4v) is 5.43. The number of fused-ring (bicyclic) bond motifs is 2. The lowest BCUT2D eigenvalue weighted by molar-refractivity contribution is -0.136. The molecule has 1 aliphatic heterocycles. The molecule has 2 aromatic carbocycles. The minimum absolute atomic E-state index is 0.307. The molecule has 1 aliphatic rings. The predicted molar refractivity (Wildman–Crippen MR) is 158 cm³/mol. The molecule has 0 radical (unpaired) electrons. The number of piperidine rings is 1. The summed E-state index contributed by atoms with van der Waals surface area (Å²) in [6.45, 7) is 3.07. The molecule has 12 nitrogen and oxygen atoms in total. The number of aromatic nitrogens is 5.